The van der Waals surface area contributed by atoms with Gasteiger partial charge in [-0.25, -0.2) is 0 Å². The van der Waals surface area contributed by atoms with Gasteiger partial charge in [-0.15, -0.1) is 0 Å². The highest BCUT2D eigenvalue weighted by Crippen LogP contribution is 2.03. The lowest BCUT2D eigenvalue weighted by Crippen LogP contribution is -2.19. The van der Waals surface area contributed by atoms with Crippen LogP contribution < -0.4 is 5.32 Å². The van der Waals surface area contributed by atoms with E-state index in [1.807, 2.05) is 5.32 Å². The molecule has 0 aromatic rings. The molecule has 11 heavy (non-hydrogen) atoms. The molecule has 1 aliphatic heterocycles. The highest BCUT2D eigenvalue weighted by Gasteiger charge is 2.06. The smallest absolute Gasteiger partial charge is 0.250 e. The van der Waals surface area contributed by atoms with Crippen LogP contribution in [0.15, 0.2) is 12.2 Å². The van der Waals surface area contributed by atoms with E-state index in [0.717, 1.165) is 0 Å². The predicted octanol–water partition coefficient (Wildman–Crippen LogP) is 1.19. The standard InChI is InChI=1S/C4H3NO2.CHCl3/c6-3-1-2-4(7)5-3;2-1(3)4/h1-2H,(H,5,6,7);1H. The Morgan fingerprint density at radius 3 is 1.45 bits per heavy atom. The lowest BCUT2D eigenvalue weighted by molar-refractivity contribution is -0.123. The van der Waals surface area contributed by atoms with Crippen molar-refractivity contribution in [3.8, 4) is 0 Å². The summed E-state index contributed by atoms with van der Waals surface area (Å²) in [6, 6.07) is 0. The molecule has 3 nitrogen and oxygen atoms in total. The zero-order valence-corrected chi connectivity index (χ0v) is 7.45. The Hall–Kier alpha value is -0.250. The van der Waals surface area contributed by atoms with E-state index in [9.17, 15) is 9.59 Å². The second kappa shape index (κ2) is 5.41. The van der Waals surface area contributed by atoms with Crippen LogP contribution in [-0.4, -0.2) is 16.1 Å². The minimum Gasteiger partial charge on any atom is -0.289 e. The Bertz CT molecular complexity index is 171. The first-order chi connectivity index (χ1) is 5.02. The van der Waals surface area contributed by atoms with Gasteiger partial charge in [0.25, 0.3) is 11.8 Å². The molecule has 1 rings (SSSR count). The van der Waals surface area contributed by atoms with Gasteiger partial charge in [-0.2, -0.15) is 0 Å². The molecular weight excluding hydrogens is 212 g/mol. The Balaban J connectivity index is 0.000000218. The number of halogens is 3. The maximum Gasteiger partial charge on any atom is 0.250 e. The van der Waals surface area contributed by atoms with Gasteiger partial charge in [0.1, 0.15) is 0 Å². The first-order valence-electron chi connectivity index (χ1n) is 2.47. The monoisotopic (exact) mass is 215 g/mol. The minimum absolute atomic E-state index is 0.329. The van der Waals surface area contributed by atoms with Gasteiger partial charge in [0.2, 0.25) is 0 Å². The topological polar surface area (TPSA) is 46.2 Å². The lowest BCUT2D eigenvalue weighted by atomic mass is 10.6. The molecule has 0 aliphatic carbocycles. The summed E-state index contributed by atoms with van der Waals surface area (Å²) >= 11 is 14.4. The molecule has 0 spiro atoms. The Labute approximate surface area is 78.3 Å². The van der Waals surface area contributed by atoms with E-state index in [0.29, 0.717) is 0 Å². The van der Waals surface area contributed by atoms with Crippen LogP contribution in [0.2, 0.25) is 0 Å². The van der Waals surface area contributed by atoms with E-state index >= 15 is 0 Å². The van der Waals surface area contributed by atoms with Crippen LogP contribution in [0.25, 0.3) is 0 Å². The molecular formula is C5H4Cl3NO2. The van der Waals surface area contributed by atoms with Gasteiger partial charge >= 0.3 is 0 Å². The van der Waals surface area contributed by atoms with Crippen LogP contribution in [0.4, 0.5) is 0 Å². The maximum atomic E-state index is 10.0. The van der Waals surface area contributed by atoms with Crippen LogP contribution >= 0.6 is 34.8 Å². The van der Waals surface area contributed by atoms with E-state index in [1.165, 1.54) is 12.2 Å². The number of nitrogens with one attached hydrogen (secondary N) is 1. The molecule has 0 radical (unpaired) electrons. The molecule has 0 unspecified atom stereocenters. The quantitative estimate of drug-likeness (QED) is 0.488. The van der Waals surface area contributed by atoms with E-state index in [4.69, 9.17) is 34.8 Å². The van der Waals surface area contributed by atoms with Crippen molar-refractivity contribution in [1.29, 1.82) is 0 Å². The molecule has 0 aromatic heterocycles. The van der Waals surface area contributed by atoms with E-state index in [-0.39, 0.29) is 11.8 Å². The number of alkyl halides is 3. The zero-order chi connectivity index (χ0) is 8.85. The highest BCUT2D eigenvalue weighted by atomic mass is 35.6. The molecule has 1 aliphatic rings. The summed E-state index contributed by atoms with van der Waals surface area (Å²) in [5.41, 5.74) is 0. The van der Waals surface area contributed by atoms with E-state index in [2.05, 4.69) is 0 Å². The first kappa shape index (κ1) is 10.8. The normalized spacial score (nSPS) is 14.5. The van der Waals surface area contributed by atoms with Crippen LogP contribution in [0.1, 0.15) is 0 Å². The zero-order valence-electron chi connectivity index (χ0n) is 5.18. The Morgan fingerprint density at radius 1 is 1.09 bits per heavy atom. The fraction of sp³-hybridized carbons (Fsp3) is 0.200. The Kier molecular flexibility index (Phi) is 5.28. The number of imide groups is 1. The van der Waals surface area contributed by atoms with Gasteiger partial charge in [0.15, 0.2) is 4.30 Å². The summed E-state index contributed by atoms with van der Waals surface area (Å²) in [4.78, 5) is 20.1. The van der Waals surface area contributed by atoms with Gasteiger partial charge in [0, 0.05) is 12.2 Å². The average molecular weight is 216 g/mol. The summed E-state index contributed by atoms with van der Waals surface area (Å²) in [5.74, 6) is -0.657. The van der Waals surface area contributed by atoms with Crippen LogP contribution in [0.3, 0.4) is 0 Å². The van der Waals surface area contributed by atoms with Crippen molar-refractivity contribution in [2.45, 2.75) is 4.30 Å². The molecule has 6 heteroatoms. The summed E-state index contributed by atoms with van der Waals surface area (Å²) < 4.78 is -0.750. The van der Waals surface area contributed by atoms with Crippen molar-refractivity contribution < 1.29 is 9.59 Å². The SMILES string of the molecule is ClC(Cl)Cl.O=C1C=CC(=O)N1. The molecule has 0 saturated heterocycles. The second-order valence-electron chi connectivity index (χ2n) is 1.43. The van der Waals surface area contributed by atoms with Gasteiger partial charge in [-0.3, -0.25) is 14.9 Å². The molecule has 1 heterocycles. The molecule has 2 amide bonds. The molecule has 1 N–H and O–H groups in total. The van der Waals surface area contributed by atoms with Crippen molar-refractivity contribution in [2.24, 2.45) is 0 Å². The summed E-state index contributed by atoms with van der Waals surface area (Å²) in [6.07, 6.45) is 2.39. The fourth-order valence-electron chi connectivity index (χ4n) is 0.356. The molecule has 0 saturated carbocycles. The van der Waals surface area contributed by atoms with E-state index < -0.39 is 4.30 Å². The van der Waals surface area contributed by atoms with Gasteiger partial charge in [-0.05, 0) is 0 Å². The summed E-state index contributed by atoms with van der Waals surface area (Å²) in [6.45, 7) is 0. The third kappa shape index (κ3) is 7.65. The van der Waals surface area contributed by atoms with Crippen LogP contribution in [-0.2, 0) is 9.59 Å². The average Bonchev–Trinajstić information content (AvgIpc) is 2.13. The van der Waals surface area contributed by atoms with Crippen molar-refractivity contribution in [3.05, 3.63) is 12.2 Å². The van der Waals surface area contributed by atoms with Crippen molar-refractivity contribution in [3.63, 3.8) is 0 Å². The third-order valence-electron chi connectivity index (χ3n) is 0.632. The number of rotatable bonds is 0. The van der Waals surface area contributed by atoms with Crippen LogP contribution in [0.5, 0.6) is 0 Å². The highest BCUT2D eigenvalue weighted by molar-refractivity contribution is 6.63. The maximum absolute atomic E-state index is 10.0. The lowest BCUT2D eigenvalue weighted by Gasteiger charge is -1.80. The molecule has 0 aromatic carbocycles. The molecule has 62 valence electrons. The van der Waals surface area contributed by atoms with E-state index in [1.54, 1.807) is 0 Å². The molecule has 0 bridgehead atoms. The van der Waals surface area contributed by atoms with Gasteiger partial charge in [-0.1, -0.05) is 34.8 Å². The third-order valence-corrected chi connectivity index (χ3v) is 0.632. The fourth-order valence-corrected chi connectivity index (χ4v) is 0.356. The number of hydrogen-bond acceptors (Lipinski definition) is 2. The summed E-state index contributed by atoms with van der Waals surface area (Å²) in [5, 5.41) is 2.03. The minimum atomic E-state index is -0.750. The molecule has 0 atom stereocenters. The van der Waals surface area contributed by atoms with Crippen molar-refractivity contribution >= 4 is 46.6 Å². The Morgan fingerprint density at radius 2 is 1.36 bits per heavy atom. The number of amides is 2. The number of hydrogen-bond donors (Lipinski definition) is 1. The number of carbonyl (C=O) groups is 2. The van der Waals surface area contributed by atoms with Crippen molar-refractivity contribution in [2.75, 3.05) is 0 Å². The first-order valence-corrected chi connectivity index (χ1v) is 3.78. The molecule has 0 fully saturated rings. The summed E-state index contributed by atoms with van der Waals surface area (Å²) in [7, 11) is 0. The van der Waals surface area contributed by atoms with Gasteiger partial charge < -0.3 is 0 Å². The van der Waals surface area contributed by atoms with Crippen LogP contribution in [0, 0.1) is 0 Å². The predicted molar refractivity (Wildman–Crippen MR) is 43.6 cm³/mol. The van der Waals surface area contributed by atoms with Crippen molar-refractivity contribution in [1.82, 2.24) is 5.32 Å². The second-order valence-corrected chi connectivity index (χ2v) is 3.41. The largest absolute Gasteiger partial charge is 0.289 e. The van der Waals surface area contributed by atoms with Gasteiger partial charge in [0.05, 0.1) is 0 Å². The number of carbonyl (C=O) groups excluding carboxylic acids is 2.